The molecule has 0 unspecified atom stereocenters. The third-order valence-corrected chi connectivity index (χ3v) is 12.1. The Hall–Kier alpha value is -7.54. The molecule has 2 rings (SSSR count). The van der Waals surface area contributed by atoms with E-state index in [2.05, 4.69) is 47.5 Å². The Balaban J connectivity index is 2.20. The molecule has 21 N–H and O–H groups in total. The second-order valence-corrected chi connectivity index (χ2v) is 18.9. The first kappa shape index (κ1) is 66.6. The van der Waals surface area contributed by atoms with E-state index in [0.29, 0.717) is 44.2 Å². The summed E-state index contributed by atoms with van der Waals surface area (Å²) in [7, 11) is 0. The molecule has 0 aliphatic carbocycles. The van der Waals surface area contributed by atoms with Gasteiger partial charge in [-0.1, -0.05) is 50.6 Å². The van der Waals surface area contributed by atoms with Crippen molar-refractivity contribution in [3.63, 3.8) is 0 Å². The van der Waals surface area contributed by atoms with E-state index in [1.54, 1.807) is 44.2 Å². The van der Waals surface area contributed by atoms with Crippen LogP contribution in [0.2, 0.25) is 0 Å². The molecule has 1 aromatic carbocycles. The van der Waals surface area contributed by atoms with Gasteiger partial charge < -0.3 is 95.9 Å². The Morgan fingerprint density at radius 2 is 1.17 bits per heavy atom. The summed E-state index contributed by atoms with van der Waals surface area (Å²) in [4.78, 5) is 149. The molecule has 9 amide bonds. The molecular weight excluding hydrogens is 1030 g/mol. The number of benzene rings is 1. The van der Waals surface area contributed by atoms with Gasteiger partial charge in [-0.15, -0.1) is 0 Å². The summed E-state index contributed by atoms with van der Waals surface area (Å²) in [5.74, 6) is -12.0. The molecule has 0 spiro atoms. The molecule has 0 aromatic heterocycles. The van der Waals surface area contributed by atoms with Crippen LogP contribution < -0.4 is 65.5 Å². The van der Waals surface area contributed by atoms with Gasteiger partial charge in [-0.25, -0.2) is 4.79 Å². The van der Waals surface area contributed by atoms with Crippen molar-refractivity contribution >= 4 is 71.1 Å². The van der Waals surface area contributed by atoms with E-state index in [0.717, 1.165) is 0 Å². The number of nitrogens with two attached hydrogens (primary N) is 4. The van der Waals surface area contributed by atoms with Crippen LogP contribution in [0.25, 0.3) is 0 Å². The highest BCUT2D eigenvalue weighted by molar-refractivity contribution is 5.98. The van der Waals surface area contributed by atoms with E-state index in [4.69, 9.17) is 22.9 Å². The van der Waals surface area contributed by atoms with Crippen LogP contribution in [0.5, 0.6) is 0 Å². The Labute approximate surface area is 450 Å². The van der Waals surface area contributed by atoms with Crippen molar-refractivity contribution in [2.45, 2.75) is 139 Å². The van der Waals surface area contributed by atoms with Gasteiger partial charge in [0.2, 0.25) is 53.2 Å². The predicted octanol–water partition coefficient (Wildman–Crippen LogP) is -6.79. The Morgan fingerprint density at radius 3 is 1.71 bits per heavy atom. The van der Waals surface area contributed by atoms with Crippen molar-refractivity contribution in [1.29, 1.82) is 0 Å². The molecule has 30 nitrogen and oxygen atoms in total. The van der Waals surface area contributed by atoms with Gasteiger partial charge in [0.1, 0.15) is 48.3 Å². The number of aliphatic hydroxyl groups is 3. The Bertz CT molecular complexity index is 2220. The number of nitrogens with one attached hydrogen (secondary N) is 8. The number of carboxylic acid groups (broad SMARTS) is 2. The summed E-state index contributed by atoms with van der Waals surface area (Å²) < 4.78 is 0. The molecule has 1 aliphatic heterocycles. The van der Waals surface area contributed by atoms with Crippen LogP contribution in [0.15, 0.2) is 35.3 Å². The van der Waals surface area contributed by atoms with Crippen molar-refractivity contribution in [2.75, 3.05) is 46.0 Å². The minimum Gasteiger partial charge on any atom is -0.481 e. The maximum atomic E-state index is 13.9. The molecule has 0 saturated carbocycles. The maximum Gasteiger partial charge on any atom is 0.326 e. The van der Waals surface area contributed by atoms with Crippen LogP contribution in [-0.2, 0) is 59.2 Å². The van der Waals surface area contributed by atoms with Crippen molar-refractivity contribution in [1.82, 2.24) is 47.4 Å². The van der Waals surface area contributed by atoms with Crippen LogP contribution >= 0.6 is 0 Å². The van der Waals surface area contributed by atoms with Crippen LogP contribution in [0.4, 0.5) is 0 Å². The number of rotatable bonds is 36. The van der Waals surface area contributed by atoms with E-state index >= 15 is 0 Å². The molecule has 0 bridgehead atoms. The number of unbranched alkanes of at least 4 members (excludes halogenated alkanes) is 1. The number of hydrogen-bond acceptors (Lipinski definition) is 17. The summed E-state index contributed by atoms with van der Waals surface area (Å²) >= 11 is 0. The number of carboxylic acids is 2. The lowest BCUT2D eigenvalue weighted by molar-refractivity contribution is -0.143. The average molecular weight is 1110 g/mol. The average Bonchev–Trinajstić information content (AvgIpc) is 3.90. The van der Waals surface area contributed by atoms with Crippen LogP contribution in [0, 0.1) is 5.92 Å². The smallest absolute Gasteiger partial charge is 0.326 e. The number of nitrogens with zero attached hydrogens (tertiary/aromatic N) is 2. The standard InChI is InChI=1S/C48H78N14O16/c1-26(2)20-31(58-42(72)33(23-63)55-37(66)22-54-45(75)36-14-9-19-62(36)46(76)28(50)12-6-7-17-49)40(70)60-35(25-65)44(74)59-32(21-27-10-4-3-5-11-27)41(71)61-34(24-64)43(73)56-29(15-16-38(67)68)39(69)57-30(47(77)78)13-8-18-53-48(51)52/h3-5,10-11,26,28-36,63-65H,6-9,12-25,49-50H2,1-2H3,(H,54,75)(H,55,66)(H,56,73)(H,57,69)(H,58,72)(H,59,74)(H,60,70)(H,61,71)(H,67,68)(H,77,78)(H4,51,52,53)/t28-,29-,30-,31-,32-,33-,34-,35-,36-/m0/s1. The van der Waals surface area contributed by atoms with Gasteiger partial charge in [0.25, 0.3) is 0 Å². The fourth-order valence-corrected chi connectivity index (χ4v) is 7.95. The van der Waals surface area contributed by atoms with Crippen LogP contribution in [-0.4, -0.2) is 202 Å². The van der Waals surface area contributed by atoms with Crippen molar-refractivity contribution in [3.05, 3.63) is 35.9 Å². The Kier molecular flexibility index (Phi) is 29.9. The summed E-state index contributed by atoms with van der Waals surface area (Å²) in [5.41, 5.74) is 22.6. The summed E-state index contributed by atoms with van der Waals surface area (Å²) in [5, 5.41) is 68.2. The van der Waals surface area contributed by atoms with Crippen LogP contribution in [0.1, 0.15) is 83.6 Å². The fraction of sp³-hybridized carbons (Fsp3) is 0.625. The lowest BCUT2D eigenvalue weighted by Crippen LogP contribution is -2.61. The molecule has 0 radical (unpaired) electrons. The highest BCUT2D eigenvalue weighted by Crippen LogP contribution is 2.19. The molecule has 9 atom stereocenters. The first-order valence-electron chi connectivity index (χ1n) is 25.5. The highest BCUT2D eigenvalue weighted by Gasteiger charge is 2.37. The molecule has 78 heavy (non-hydrogen) atoms. The lowest BCUT2D eigenvalue weighted by Gasteiger charge is -2.27. The minimum absolute atomic E-state index is 0.0164. The molecule has 1 fully saturated rings. The zero-order valence-electron chi connectivity index (χ0n) is 43.8. The fourth-order valence-electron chi connectivity index (χ4n) is 7.95. The first-order valence-corrected chi connectivity index (χ1v) is 25.5. The van der Waals surface area contributed by atoms with Gasteiger partial charge in [-0.2, -0.15) is 0 Å². The van der Waals surface area contributed by atoms with Crippen molar-refractivity contribution < 1.29 is 78.3 Å². The predicted molar refractivity (Wildman–Crippen MR) is 277 cm³/mol. The van der Waals surface area contributed by atoms with Gasteiger partial charge in [-0.3, -0.25) is 52.9 Å². The molecule has 1 aromatic rings. The zero-order valence-corrected chi connectivity index (χ0v) is 43.8. The number of carbonyl (C=O) groups excluding carboxylic acids is 9. The van der Waals surface area contributed by atoms with Crippen LogP contribution in [0.3, 0.4) is 0 Å². The monoisotopic (exact) mass is 1110 g/mol. The maximum absolute atomic E-state index is 13.9. The Morgan fingerprint density at radius 1 is 0.654 bits per heavy atom. The zero-order chi connectivity index (χ0) is 58.5. The van der Waals surface area contributed by atoms with Crippen molar-refractivity contribution in [2.24, 2.45) is 33.8 Å². The molecule has 1 saturated heterocycles. The molecule has 30 heteroatoms. The number of carbonyl (C=O) groups is 11. The number of aliphatic carboxylic acids is 2. The van der Waals surface area contributed by atoms with E-state index in [9.17, 15) is 78.3 Å². The van der Waals surface area contributed by atoms with E-state index in [1.165, 1.54) is 4.90 Å². The largest absolute Gasteiger partial charge is 0.481 e. The molecule has 436 valence electrons. The molecule has 1 heterocycles. The third-order valence-electron chi connectivity index (χ3n) is 12.1. The highest BCUT2D eigenvalue weighted by atomic mass is 16.4. The lowest BCUT2D eigenvalue weighted by atomic mass is 10.0. The molecule has 1 aliphatic rings. The number of guanidine groups is 1. The number of likely N-dealkylation sites (tertiary alicyclic amines) is 1. The number of aliphatic imine (C=N–C) groups is 1. The quantitative estimate of drug-likeness (QED) is 0.0169. The van der Waals surface area contributed by atoms with Gasteiger partial charge in [-0.05, 0) is 69.4 Å². The van der Waals surface area contributed by atoms with E-state index in [1.807, 2.05) is 0 Å². The molecular formula is C48H78N14O16. The summed E-state index contributed by atoms with van der Waals surface area (Å²) in [6.07, 6.45) is 0.863. The van der Waals surface area contributed by atoms with Gasteiger partial charge in [0.05, 0.1) is 32.4 Å². The van der Waals surface area contributed by atoms with E-state index in [-0.39, 0.29) is 50.7 Å². The normalized spacial score (nSPS) is 16.1. The van der Waals surface area contributed by atoms with Gasteiger partial charge in [0, 0.05) is 25.9 Å². The number of hydrogen-bond donors (Lipinski definition) is 17. The second kappa shape index (κ2) is 35.0. The SMILES string of the molecule is CC(C)C[C@H](NC(=O)[C@H](CO)NC(=O)CNC(=O)[C@@H]1CCCN1C(=O)[C@@H](N)CCCCN)C(=O)N[C@@H](CO)C(=O)N[C@@H](Cc1ccccc1)C(=O)N[C@@H](CO)C(=O)N[C@@H](CCC(=O)O)C(=O)N[C@@H](CCCN=C(N)N)C(=O)O. The topological polar surface area (TPSA) is 505 Å². The van der Waals surface area contributed by atoms with E-state index < -0.39 is 159 Å². The second-order valence-electron chi connectivity index (χ2n) is 18.9. The number of amides is 9. The minimum atomic E-state index is -1.86. The van der Waals surface area contributed by atoms with Gasteiger partial charge in [0.15, 0.2) is 5.96 Å². The van der Waals surface area contributed by atoms with Gasteiger partial charge >= 0.3 is 11.9 Å². The first-order chi connectivity index (χ1) is 37.0. The summed E-state index contributed by atoms with van der Waals surface area (Å²) in [6, 6.07) is -5.25. The number of aliphatic hydroxyl groups excluding tert-OH is 3. The third kappa shape index (κ3) is 23.8. The van der Waals surface area contributed by atoms with Crippen molar-refractivity contribution in [3.8, 4) is 0 Å². The summed E-state index contributed by atoms with van der Waals surface area (Å²) in [6.45, 7) is 0.346.